The molecule has 0 spiro atoms. The van der Waals surface area contributed by atoms with Crippen LogP contribution in [0.4, 0.5) is 0 Å². The summed E-state index contributed by atoms with van der Waals surface area (Å²) in [7, 11) is 0. The van der Waals surface area contributed by atoms with Crippen LogP contribution in [0.3, 0.4) is 0 Å². The fourth-order valence-corrected chi connectivity index (χ4v) is 3.30. The van der Waals surface area contributed by atoms with E-state index in [0.29, 0.717) is 0 Å². The normalized spacial score (nSPS) is 10.8. The molecule has 0 saturated carbocycles. The van der Waals surface area contributed by atoms with Crippen LogP contribution in [0.5, 0.6) is 0 Å². The van der Waals surface area contributed by atoms with Gasteiger partial charge in [0.15, 0.2) is 0 Å². The number of alkyl halides is 1. The lowest BCUT2D eigenvalue weighted by Gasteiger charge is -2.07. The van der Waals surface area contributed by atoms with E-state index in [9.17, 15) is 0 Å². The minimum atomic E-state index is 0.827. The summed E-state index contributed by atoms with van der Waals surface area (Å²) in [5.41, 5.74) is 0. The van der Waals surface area contributed by atoms with Crippen molar-refractivity contribution in [3.8, 4) is 0 Å². The molecule has 0 bridgehead atoms. The molecular formula is C23H23Cl. The van der Waals surface area contributed by atoms with Crippen LogP contribution in [0.2, 0.25) is 0 Å². The highest BCUT2D eigenvalue weighted by molar-refractivity contribution is 6.18. The first-order valence-corrected chi connectivity index (χ1v) is 9.23. The van der Waals surface area contributed by atoms with E-state index < -0.39 is 0 Å². The highest BCUT2D eigenvalue weighted by atomic mass is 35.5. The molecule has 0 aromatic heterocycles. The van der Waals surface area contributed by atoms with Gasteiger partial charge in [0.25, 0.3) is 0 Å². The zero-order valence-corrected chi connectivity index (χ0v) is 14.9. The number of benzene rings is 4. The van der Waals surface area contributed by atoms with Crippen molar-refractivity contribution in [1.82, 2.24) is 0 Å². The van der Waals surface area contributed by atoms with Gasteiger partial charge in [-0.1, -0.05) is 92.6 Å². The summed E-state index contributed by atoms with van der Waals surface area (Å²) in [6, 6.07) is 26.0. The van der Waals surface area contributed by atoms with Crippen LogP contribution in [-0.4, -0.2) is 5.88 Å². The topological polar surface area (TPSA) is 0 Å². The zero-order chi connectivity index (χ0) is 16.8. The van der Waals surface area contributed by atoms with Crippen LogP contribution < -0.4 is 0 Å². The van der Waals surface area contributed by atoms with Gasteiger partial charge in [-0.3, -0.25) is 0 Å². The number of unbranched alkanes of at least 4 members (excludes halogenated alkanes) is 2. The second kappa shape index (κ2) is 8.17. The smallest absolute Gasteiger partial charge is 0.0223 e. The second-order valence-corrected chi connectivity index (χ2v) is 6.44. The summed E-state index contributed by atoms with van der Waals surface area (Å²) >= 11 is 5.38. The molecule has 0 aliphatic heterocycles. The molecule has 0 amide bonds. The van der Waals surface area contributed by atoms with Crippen LogP contribution in [0.25, 0.3) is 32.3 Å². The fraction of sp³-hybridized carbons (Fsp3) is 0.217. The molecule has 0 atom stereocenters. The Morgan fingerprint density at radius 2 is 1.08 bits per heavy atom. The predicted octanol–water partition coefficient (Wildman–Crippen LogP) is 7.56. The summed E-state index contributed by atoms with van der Waals surface area (Å²) in [6.07, 6.45) is 3.73. The van der Waals surface area contributed by atoms with E-state index in [1.807, 2.05) is 0 Å². The molecule has 0 heterocycles. The third-order valence-corrected chi connectivity index (χ3v) is 4.66. The lowest BCUT2D eigenvalue weighted by Crippen LogP contribution is -1.79. The lowest BCUT2D eigenvalue weighted by molar-refractivity contribution is 0.776. The van der Waals surface area contributed by atoms with Crippen LogP contribution in [-0.2, 0) is 0 Å². The SMILES string of the molecule is CCCCCCl.c1ccc2c(c1)ccc1c3ccccc3ccc21. The van der Waals surface area contributed by atoms with Gasteiger partial charge in [0.2, 0.25) is 0 Å². The summed E-state index contributed by atoms with van der Waals surface area (Å²) < 4.78 is 0. The molecule has 0 radical (unpaired) electrons. The average molecular weight is 335 g/mol. The van der Waals surface area contributed by atoms with Crippen LogP contribution in [0.15, 0.2) is 72.8 Å². The van der Waals surface area contributed by atoms with Gasteiger partial charge in [-0.05, 0) is 38.7 Å². The van der Waals surface area contributed by atoms with Crippen LogP contribution >= 0.6 is 11.6 Å². The molecule has 0 unspecified atom stereocenters. The number of hydrogen-bond acceptors (Lipinski definition) is 0. The van der Waals surface area contributed by atoms with Crippen molar-refractivity contribution in [2.24, 2.45) is 0 Å². The second-order valence-electron chi connectivity index (χ2n) is 6.06. The largest absolute Gasteiger partial charge is 0.127 e. The number of hydrogen-bond donors (Lipinski definition) is 0. The van der Waals surface area contributed by atoms with Gasteiger partial charge in [0.05, 0.1) is 0 Å². The van der Waals surface area contributed by atoms with Gasteiger partial charge >= 0.3 is 0 Å². The van der Waals surface area contributed by atoms with E-state index in [4.69, 9.17) is 11.6 Å². The lowest BCUT2D eigenvalue weighted by atomic mass is 9.97. The number of halogens is 1. The van der Waals surface area contributed by atoms with Crippen molar-refractivity contribution < 1.29 is 0 Å². The van der Waals surface area contributed by atoms with E-state index in [0.717, 1.165) is 5.88 Å². The summed E-state index contributed by atoms with van der Waals surface area (Å²) in [5.74, 6) is 0.827. The molecule has 4 aromatic carbocycles. The number of fused-ring (bicyclic) bond motifs is 5. The Morgan fingerprint density at radius 1 is 0.583 bits per heavy atom. The first-order chi connectivity index (χ1) is 11.8. The molecule has 0 fully saturated rings. The van der Waals surface area contributed by atoms with Gasteiger partial charge in [-0.2, -0.15) is 0 Å². The minimum absolute atomic E-state index is 0.827. The van der Waals surface area contributed by atoms with E-state index in [2.05, 4.69) is 79.7 Å². The van der Waals surface area contributed by atoms with Gasteiger partial charge in [-0.25, -0.2) is 0 Å². The van der Waals surface area contributed by atoms with E-state index >= 15 is 0 Å². The van der Waals surface area contributed by atoms with Crippen molar-refractivity contribution in [2.75, 3.05) is 5.88 Å². The molecular weight excluding hydrogens is 312 g/mol. The van der Waals surface area contributed by atoms with E-state index in [1.165, 1.54) is 51.6 Å². The third-order valence-electron chi connectivity index (χ3n) is 4.39. The van der Waals surface area contributed by atoms with Gasteiger partial charge in [0.1, 0.15) is 0 Å². The quantitative estimate of drug-likeness (QED) is 0.206. The predicted molar refractivity (Wildman–Crippen MR) is 109 cm³/mol. The summed E-state index contributed by atoms with van der Waals surface area (Å²) in [5, 5.41) is 7.96. The van der Waals surface area contributed by atoms with Crippen molar-refractivity contribution in [3.63, 3.8) is 0 Å². The summed E-state index contributed by atoms with van der Waals surface area (Å²) in [6.45, 7) is 2.17. The average Bonchev–Trinajstić information content (AvgIpc) is 2.66. The maximum Gasteiger partial charge on any atom is 0.0223 e. The highest BCUT2D eigenvalue weighted by Crippen LogP contribution is 2.30. The van der Waals surface area contributed by atoms with Crippen LogP contribution in [0, 0.1) is 0 Å². The molecule has 122 valence electrons. The van der Waals surface area contributed by atoms with Gasteiger partial charge in [-0.15, -0.1) is 11.6 Å². The van der Waals surface area contributed by atoms with Crippen molar-refractivity contribution in [1.29, 1.82) is 0 Å². The highest BCUT2D eigenvalue weighted by Gasteiger charge is 2.03. The Morgan fingerprint density at radius 3 is 1.50 bits per heavy atom. The molecule has 4 aromatic rings. The fourth-order valence-electron chi connectivity index (χ4n) is 3.12. The standard InChI is InChI=1S/C18H12.C5H11Cl/c1-3-7-15-13(5-1)9-11-18-16-8-4-2-6-14(16)10-12-17(15)18;1-2-3-4-5-6/h1-12H;2-5H2,1H3. The van der Waals surface area contributed by atoms with Gasteiger partial charge in [0, 0.05) is 5.88 Å². The monoisotopic (exact) mass is 334 g/mol. The van der Waals surface area contributed by atoms with Gasteiger partial charge < -0.3 is 0 Å². The third kappa shape index (κ3) is 3.55. The van der Waals surface area contributed by atoms with Crippen molar-refractivity contribution in [2.45, 2.75) is 26.2 Å². The molecule has 0 aliphatic carbocycles. The Kier molecular flexibility index (Phi) is 5.72. The molecule has 4 rings (SSSR count). The number of rotatable bonds is 3. The minimum Gasteiger partial charge on any atom is -0.127 e. The van der Waals surface area contributed by atoms with Crippen molar-refractivity contribution >= 4 is 43.9 Å². The summed E-state index contributed by atoms with van der Waals surface area (Å²) in [4.78, 5) is 0. The van der Waals surface area contributed by atoms with E-state index in [1.54, 1.807) is 0 Å². The maximum atomic E-state index is 5.38. The maximum absolute atomic E-state index is 5.38. The van der Waals surface area contributed by atoms with Crippen molar-refractivity contribution in [3.05, 3.63) is 72.8 Å². The first kappa shape index (κ1) is 16.8. The molecule has 24 heavy (non-hydrogen) atoms. The van der Waals surface area contributed by atoms with E-state index in [-0.39, 0.29) is 0 Å². The zero-order valence-electron chi connectivity index (χ0n) is 14.1. The Bertz CT molecular complexity index is 861. The Labute approximate surface area is 149 Å². The molecule has 0 aliphatic rings. The molecule has 0 saturated heterocycles. The molecule has 1 heteroatoms. The van der Waals surface area contributed by atoms with Crippen LogP contribution in [0.1, 0.15) is 26.2 Å². The molecule has 0 N–H and O–H groups in total. The Balaban J connectivity index is 0.000000246. The first-order valence-electron chi connectivity index (χ1n) is 8.70. The molecule has 0 nitrogen and oxygen atoms in total. The Hall–Kier alpha value is -2.05.